The van der Waals surface area contributed by atoms with Crippen LogP contribution in [0.2, 0.25) is 0 Å². The minimum Gasteiger partial charge on any atom is -0.385 e. The van der Waals surface area contributed by atoms with Crippen LogP contribution in [0.5, 0.6) is 0 Å². The number of amides is 2. The van der Waals surface area contributed by atoms with Gasteiger partial charge in [0.15, 0.2) is 17.2 Å². The number of allylic oxidation sites excluding steroid dienone is 2. The molecule has 2 amide bonds. The van der Waals surface area contributed by atoms with Crippen LogP contribution >= 0.6 is 35.2 Å². The Morgan fingerprint density at radius 3 is 2.46 bits per heavy atom. The molecule has 10 N–H and O–H groups in total. The molecule has 7 atom stereocenters. The number of hydrogen-bond donors (Lipinski definition) is 9. The van der Waals surface area contributed by atoms with Gasteiger partial charge in [-0.1, -0.05) is 37.8 Å². The maximum atomic E-state index is 12.7. The average molecular weight is 876 g/mol. The number of nitrogen functional groups attached to an aromatic ring is 1. The molecule has 3 rings (SSSR count). The van der Waals surface area contributed by atoms with Crippen molar-refractivity contribution in [1.29, 1.82) is 0 Å². The van der Waals surface area contributed by atoms with Crippen LogP contribution in [0.15, 0.2) is 37.5 Å². The number of fused-ring (bicyclic) bond motifs is 1. The molecule has 1 aliphatic rings. The van der Waals surface area contributed by atoms with Gasteiger partial charge in [0.1, 0.15) is 36.3 Å². The molecule has 28 heteroatoms. The number of nitrogens with one attached hydrogen (secondary N) is 2. The number of aliphatic hydroxyl groups is 2. The fourth-order valence-corrected chi connectivity index (χ4v) is 8.32. The lowest BCUT2D eigenvalue weighted by Crippen LogP contribution is -2.46. The van der Waals surface area contributed by atoms with E-state index in [4.69, 9.17) is 24.0 Å². The first-order valence-electron chi connectivity index (χ1n) is 16.3. The van der Waals surface area contributed by atoms with E-state index in [0.717, 1.165) is 29.0 Å². The van der Waals surface area contributed by atoms with Crippen LogP contribution in [0.1, 0.15) is 33.6 Å². The van der Waals surface area contributed by atoms with E-state index in [-0.39, 0.29) is 41.6 Å². The number of thioether (sulfide) groups is 1. The highest BCUT2D eigenvalue weighted by Gasteiger charge is 2.57. The average Bonchev–Trinajstić information content (AvgIpc) is 3.64. The first kappa shape index (κ1) is 47.4. The van der Waals surface area contributed by atoms with Gasteiger partial charge < -0.3 is 50.9 Å². The quantitative estimate of drug-likeness (QED) is 0.0324. The van der Waals surface area contributed by atoms with E-state index >= 15 is 0 Å². The molecule has 0 bridgehead atoms. The Morgan fingerprint density at radius 2 is 1.80 bits per heavy atom. The predicted molar refractivity (Wildman–Crippen MR) is 196 cm³/mol. The first-order valence-corrected chi connectivity index (χ1v) is 21.8. The van der Waals surface area contributed by atoms with E-state index < -0.39 is 84.1 Å². The summed E-state index contributed by atoms with van der Waals surface area (Å²) in [6, 6.07) is 0. The van der Waals surface area contributed by atoms with E-state index in [0.29, 0.717) is 12.2 Å². The van der Waals surface area contributed by atoms with E-state index in [9.17, 15) is 57.9 Å². The van der Waals surface area contributed by atoms with Crippen molar-refractivity contribution < 1.29 is 80.5 Å². The molecular formula is C28H44N7O17P3S. The highest BCUT2D eigenvalue weighted by molar-refractivity contribution is 8.14. The van der Waals surface area contributed by atoms with Crippen molar-refractivity contribution in [3.8, 4) is 0 Å². The molecule has 1 aliphatic heterocycles. The maximum Gasteiger partial charge on any atom is 0.481 e. The van der Waals surface area contributed by atoms with Crippen molar-refractivity contribution in [2.24, 2.45) is 5.41 Å². The normalized spacial score (nSPS) is 23.1. The third kappa shape index (κ3) is 13.6. The number of nitrogens with two attached hydrogens (primary N) is 1. The number of carbonyl (C=O) groups is 3. The minimum absolute atomic E-state index is 0.0171. The molecule has 0 spiro atoms. The molecular weight excluding hydrogens is 831 g/mol. The number of aliphatic hydroxyl groups excluding tert-OH is 2. The molecule has 314 valence electrons. The largest absolute Gasteiger partial charge is 0.481 e. The smallest absolute Gasteiger partial charge is 0.385 e. The van der Waals surface area contributed by atoms with Crippen molar-refractivity contribution in [1.82, 2.24) is 30.2 Å². The zero-order chi connectivity index (χ0) is 42.1. The van der Waals surface area contributed by atoms with Crippen LogP contribution < -0.4 is 16.4 Å². The summed E-state index contributed by atoms with van der Waals surface area (Å²) in [6.07, 6.45) is -0.292. The Morgan fingerprint density at radius 1 is 1.12 bits per heavy atom. The zero-order valence-electron chi connectivity index (χ0n) is 30.1. The van der Waals surface area contributed by atoms with Crippen molar-refractivity contribution in [3.05, 3.63) is 37.5 Å². The Kier molecular flexibility index (Phi) is 16.6. The standard InChI is InChI=1S/C28H44N7O17P3S/c1-5-6-7-8-19(37)56-12-11-30-18(36)9-10-31-26(40)23(39)27(2,3)14-49-55(46,47)52-54(44,45)48-13-17-21(51-53(41,42)43)22(38)28(4,50-17)35-16-34-20-24(29)32-15-33-25(20)35/h5,7-8,15-17,21-23,38-39H,1,6,9-14H2,2-4H3,(H,30,36)(H,31,40)(H,44,45)(H,46,47)(H2,29,32,33)(H2,41,42,43). The van der Waals surface area contributed by atoms with Gasteiger partial charge in [0.25, 0.3) is 0 Å². The van der Waals surface area contributed by atoms with Crippen molar-refractivity contribution >= 4 is 69.1 Å². The van der Waals surface area contributed by atoms with Gasteiger partial charge in [0.05, 0.1) is 19.5 Å². The molecule has 2 aromatic heterocycles. The van der Waals surface area contributed by atoms with Crippen LogP contribution in [0.25, 0.3) is 11.2 Å². The van der Waals surface area contributed by atoms with Gasteiger partial charge >= 0.3 is 23.5 Å². The van der Waals surface area contributed by atoms with Gasteiger partial charge in [-0.3, -0.25) is 32.5 Å². The number of rotatable bonds is 22. The van der Waals surface area contributed by atoms with Gasteiger partial charge in [0, 0.05) is 30.7 Å². The van der Waals surface area contributed by atoms with E-state index in [1.807, 2.05) is 0 Å². The van der Waals surface area contributed by atoms with Crippen molar-refractivity contribution in [3.63, 3.8) is 0 Å². The van der Waals surface area contributed by atoms with Gasteiger partial charge in [-0.15, -0.1) is 6.58 Å². The second-order valence-electron chi connectivity index (χ2n) is 12.7. The number of phosphoric acid groups is 3. The molecule has 0 radical (unpaired) electrons. The predicted octanol–water partition coefficient (Wildman–Crippen LogP) is -0.0289. The molecule has 0 saturated carbocycles. The fraction of sp³-hybridized carbons (Fsp3) is 0.571. The zero-order valence-corrected chi connectivity index (χ0v) is 33.6. The summed E-state index contributed by atoms with van der Waals surface area (Å²) in [5.74, 6) is -1.18. The highest BCUT2D eigenvalue weighted by atomic mass is 32.2. The monoisotopic (exact) mass is 875 g/mol. The van der Waals surface area contributed by atoms with Gasteiger partial charge in [-0.25, -0.2) is 28.6 Å². The Bertz CT molecular complexity index is 1910. The van der Waals surface area contributed by atoms with Crippen LogP contribution in [0.3, 0.4) is 0 Å². The van der Waals surface area contributed by atoms with Gasteiger partial charge in [0.2, 0.25) is 16.9 Å². The van der Waals surface area contributed by atoms with Crippen LogP contribution in [0.4, 0.5) is 5.82 Å². The second kappa shape index (κ2) is 19.7. The number of nitrogens with zero attached hydrogens (tertiary/aromatic N) is 4. The summed E-state index contributed by atoms with van der Waals surface area (Å²) in [5, 5.41) is 26.4. The molecule has 2 aromatic rings. The minimum atomic E-state index is -5.59. The number of imidazole rings is 1. The molecule has 0 aliphatic carbocycles. The lowest BCUT2D eigenvalue weighted by atomic mass is 9.87. The summed E-state index contributed by atoms with van der Waals surface area (Å²) in [5.41, 5.74) is 2.29. The molecule has 7 unspecified atom stereocenters. The summed E-state index contributed by atoms with van der Waals surface area (Å²) >= 11 is 0.999. The molecule has 1 fully saturated rings. The lowest BCUT2D eigenvalue weighted by molar-refractivity contribution is -0.137. The summed E-state index contributed by atoms with van der Waals surface area (Å²) < 4.78 is 62.6. The molecule has 1 saturated heterocycles. The number of aromatic nitrogens is 4. The third-order valence-electron chi connectivity index (χ3n) is 7.79. The number of carbonyl (C=O) groups excluding carboxylic acids is 3. The molecule has 56 heavy (non-hydrogen) atoms. The van der Waals surface area contributed by atoms with Gasteiger partial charge in [-0.05, 0) is 19.4 Å². The summed E-state index contributed by atoms with van der Waals surface area (Å²) in [7, 11) is -16.5. The Balaban J connectivity index is 1.52. The highest BCUT2D eigenvalue weighted by Crippen LogP contribution is 2.61. The number of hydrogen-bond acceptors (Lipinski definition) is 18. The molecule has 0 aromatic carbocycles. The van der Waals surface area contributed by atoms with Crippen molar-refractivity contribution in [2.45, 2.75) is 63.8 Å². The molecule has 24 nitrogen and oxygen atoms in total. The van der Waals surface area contributed by atoms with E-state index in [1.165, 1.54) is 26.8 Å². The van der Waals surface area contributed by atoms with E-state index in [2.05, 4.69) is 36.5 Å². The number of anilines is 1. The van der Waals surface area contributed by atoms with Crippen LogP contribution in [0, 0.1) is 5.41 Å². The molecule has 3 heterocycles. The summed E-state index contributed by atoms with van der Waals surface area (Å²) in [6.45, 7) is 5.20. The lowest BCUT2D eigenvalue weighted by Gasteiger charge is -2.30. The second-order valence-corrected chi connectivity index (χ2v) is 18.1. The number of phosphoric ester groups is 3. The van der Waals surface area contributed by atoms with Crippen molar-refractivity contribution in [2.75, 3.05) is 37.8 Å². The maximum absolute atomic E-state index is 12.7. The SMILES string of the molecule is C=CCC=CC(=O)SCCNC(=O)CCNC(=O)C(O)C(C)(C)COP(=O)(O)OP(=O)(O)OCC1OC(C)(n2cnc3c(N)ncnc32)C(O)C1OP(=O)(O)O. The topological polar surface area (TPSA) is 364 Å². The first-order chi connectivity index (χ1) is 25.9. The fourth-order valence-electron chi connectivity index (χ4n) is 4.90. The third-order valence-corrected chi connectivity index (χ3v) is 11.7. The number of ether oxygens (including phenoxy) is 1. The Hall–Kier alpha value is -2.96. The van der Waals surface area contributed by atoms with Crippen LogP contribution in [-0.2, 0) is 56.4 Å². The van der Waals surface area contributed by atoms with Crippen LogP contribution in [-0.4, -0.2) is 123 Å². The van der Waals surface area contributed by atoms with Gasteiger partial charge in [-0.2, -0.15) is 4.31 Å². The summed E-state index contributed by atoms with van der Waals surface area (Å²) in [4.78, 5) is 87.5. The Labute approximate surface area is 323 Å². The van der Waals surface area contributed by atoms with E-state index in [1.54, 1.807) is 12.2 Å².